The normalized spacial score (nSPS) is 11.1. The summed E-state index contributed by atoms with van der Waals surface area (Å²) >= 11 is 0. The highest BCUT2D eigenvalue weighted by Gasteiger charge is 2.14. The number of sulfonamides is 1. The van der Waals surface area contributed by atoms with Crippen LogP contribution < -0.4 is 15.6 Å². The lowest BCUT2D eigenvalue weighted by molar-refractivity contribution is 0.211. The molecular formula is C13H12N2O4S. The highest BCUT2D eigenvalue weighted by molar-refractivity contribution is 7.89. The van der Waals surface area contributed by atoms with Gasteiger partial charge in [-0.25, -0.2) is 18.4 Å². The lowest BCUT2D eigenvalue weighted by Crippen LogP contribution is -2.16. The van der Waals surface area contributed by atoms with Crippen LogP contribution >= 0.6 is 0 Å². The molecule has 0 unspecified atom stereocenters. The lowest BCUT2D eigenvalue weighted by Gasteiger charge is -2.08. The van der Waals surface area contributed by atoms with E-state index in [0.717, 1.165) is 0 Å². The van der Waals surface area contributed by atoms with Gasteiger partial charge in [-0.3, -0.25) is 0 Å². The second-order valence-electron chi connectivity index (χ2n) is 3.99. The number of carbonyl (C=O) groups excluding carboxylic acids is 1. The van der Waals surface area contributed by atoms with Crippen LogP contribution in [-0.2, 0) is 10.0 Å². The fraction of sp³-hybridized carbons (Fsp3) is 0. The summed E-state index contributed by atoms with van der Waals surface area (Å²) in [5, 5.41) is 5.18. The lowest BCUT2D eigenvalue weighted by atomic mass is 10.1. The second-order valence-corrected chi connectivity index (χ2v) is 5.52. The Labute approximate surface area is 116 Å². The van der Waals surface area contributed by atoms with E-state index in [9.17, 15) is 13.2 Å². The maximum absolute atomic E-state index is 11.5. The van der Waals surface area contributed by atoms with Gasteiger partial charge in [-0.1, -0.05) is 30.3 Å². The molecule has 0 fully saturated rings. The van der Waals surface area contributed by atoms with Crippen molar-refractivity contribution in [3.05, 3.63) is 48.5 Å². The standard InChI is InChI=1S/C13H12N2O4S/c14-13(16)19-10-7-5-9(6-8-10)11-3-1-2-4-12(11)20(15,17)18/h1-8H,(H2,14,16)(H2,15,17,18). The first-order valence-corrected chi connectivity index (χ1v) is 7.12. The van der Waals surface area contributed by atoms with E-state index in [4.69, 9.17) is 15.6 Å². The van der Waals surface area contributed by atoms with Crippen molar-refractivity contribution in [1.29, 1.82) is 0 Å². The van der Waals surface area contributed by atoms with Crippen LogP contribution in [0.15, 0.2) is 53.4 Å². The zero-order valence-corrected chi connectivity index (χ0v) is 11.1. The monoisotopic (exact) mass is 292 g/mol. The molecule has 0 saturated heterocycles. The molecule has 2 aromatic rings. The predicted octanol–water partition coefficient (Wildman–Crippen LogP) is 1.46. The molecule has 7 heteroatoms. The van der Waals surface area contributed by atoms with Crippen LogP contribution in [0, 0.1) is 0 Å². The Kier molecular flexibility index (Phi) is 3.73. The summed E-state index contributed by atoms with van der Waals surface area (Å²) < 4.78 is 27.8. The molecule has 2 rings (SSSR count). The van der Waals surface area contributed by atoms with E-state index in [2.05, 4.69) is 0 Å². The van der Waals surface area contributed by atoms with E-state index < -0.39 is 16.1 Å². The molecule has 0 bridgehead atoms. The summed E-state index contributed by atoms with van der Waals surface area (Å²) in [7, 11) is -3.82. The molecule has 0 aliphatic rings. The topological polar surface area (TPSA) is 112 Å². The van der Waals surface area contributed by atoms with Crippen molar-refractivity contribution >= 4 is 16.1 Å². The molecule has 104 valence electrons. The van der Waals surface area contributed by atoms with Crippen molar-refractivity contribution < 1.29 is 17.9 Å². The van der Waals surface area contributed by atoms with Crippen molar-refractivity contribution in [3.63, 3.8) is 0 Å². The molecule has 0 spiro atoms. The van der Waals surface area contributed by atoms with Gasteiger partial charge in [0, 0.05) is 5.56 Å². The fourth-order valence-electron chi connectivity index (χ4n) is 1.77. The van der Waals surface area contributed by atoms with Crippen LogP contribution in [-0.4, -0.2) is 14.5 Å². The Balaban J connectivity index is 2.45. The number of benzene rings is 2. The van der Waals surface area contributed by atoms with Gasteiger partial charge in [-0.05, 0) is 23.8 Å². The molecule has 0 aliphatic carbocycles. The Morgan fingerprint density at radius 2 is 1.60 bits per heavy atom. The molecule has 0 saturated carbocycles. The van der Waals surface area contributed by atoms with Gasteiger partial charge in [-0.15, -0.1) is 0 Å². The van der Waals surface area contributed by atoms with Crippen LogP contribution in [0.25, 0.3) is 11.1 Å². The van der Waals surface area contributed by atoms with Gasteiger partial charge in [0.05, 0.1) is 4.90 Å². The van der Waals surface area contributed by atoms with Gasteiger partial charge in [-0.2, -0.15) is 0 Å². The summed E-state index contributed by atoms with van der Waals surface area (Å²) in [6, 6.07) is 12.6. The van der Waals surface area contributed by atoms with Crippen LogP contribution in [0.4, 0.5) is 4.79 Å². The summed E-state index contributed by atoms with van der Waals surface area (Å²) in [5.41, 5.74) is 6.00. The van der Waals surface area contributed by atoms with Crippen LogP contribution in [0.5, 0.6) is 5.75 Å². The molecule has 2 aromatic carbocycles. The van der Waals surface area contributed by atoms with E-state index >= 15 is 0 Å². The van der Waals surface area contributed by atoms with Crippen LogP contribution in [0.3, 0.4) is 0 Å². The van der Waals surface area contributed by atoms with Crippen molar-refractivity contribution in [2.24, 2.45) is 10.9 Å². The minimum atomic E-state index is -3.82. The van der Waals surface area contributed by atoms with E-state index in [-0.39, 0.29) is 10.6 Å². The maximum atomic E-state index is 11.5. The number of nitrogens with two attached hydrogens (primary N) is 2. The molecular weight excluding hydrogens is 280 g/mol. The second kappa shape index (κ2) is 5.32. The van der Waals surface area contributed by atoms with Crippen molar-refractivity contribution in [1.82, 2.24) is 0 Å². The zero-order valence-electron chi connectivity index (χ0n) is 10.3. The average molecular weight is 292 g/mol. The SMILES string of the molecule is NC(=O)Oc1ccc(-c2ccccc2S(N)(=O)=O)cc1. The molecule has 4 N–H and O–H groups in total. The predicted molar refractivity (Wildman–Crippen MR) is 73.5 cm³/mol. The minimum Gasteiger partial charge on any atom is -0.411 e. The van der Waals surface area contributed by atoms with E-state index in [1.165, 1.54) is 18.2 Å². The summed E-state index contributed by atoms with van der Waals surface area (Å²) in [6.45, 7) is 0. The number of rotatable bonds is 3. The molecule has 0 aliphatic heterocycles. The Morgan fingerprint density at radius 1 is 1.00 bits per heavy atom. The maximum Gasteiger partial charge on any atom is 0.409 e. The largest absolute Gasteiger partial charge is 0.411 e. The summed E-state index contributed by atoms with van der Waals surface area (Å²) in [6.07, 6.45) is -0.914. The van der Waals surface area contributed by atoms with Gasteiger partial charge in [0.1, 0.15) is 5.75 Å². The number of hydrogen-bond acceptors (Lipinski definition) is 4. The van der Waals surface area contributed by atoms with Crippen molar-refractivity contribution in [2.75, 3.05) is 0 Å². The van der Waals surface area contributed by atoms with E-state index in [0.29, 0.717) is 11.1 Å². The molecule has 6 nitrogen and oxygen atoms in total. The Bertz CT molecular complexity index is 739. The third-order valence-electron chi connectivity index (χ3n) is 2.58. The minimum absolute atomic E-state index is 0.0311. The zero-order chi connectivity index (χ0) is 14.8. The first kappa shape index (κ1) is 14.0. The smallest absolute Gasteiger partial charge is 0.409 e. The number of primary amides is 1. The van der Waals surface area contributed by atoms with Gasteiger partial charge in [0.25, 0.3) is 0 Å². The third kappa shape index (κ3) is 3.14. The van der Waals surface area contributed by atoms with E-state index in [1.54, 1.807) is 30.3 Å². The molecule has 0 heterocycles. The van der Waals surface area contributed by atoms with E-state index in [1.807, 2.05) is 0 Å². The van der Waals surface area contributed by atoms with Gasteiger partial charge in [0.2, 0.25) is 10.0 Å². The number of primary sulfonamides is 1. The fourth-order valence-corrected chi connectivity index (χ4v) is 2.53. The van der Waals surface area contributed by atoms with Gasteiger partial charge in [0.15, 0.2) is 0 Å². The molecule has 20 heavy (non-hydrogen) atoms. The molecule has 0 atom stereocenters. The number of ether oxygens (including phenoxy) is 1. The highest BCUT2D eigenvalue weighted by Crippen LogP contribution is 2.27. The first-order valence-electron chi connectivity index (χ1n) is 5.57. The third-order valence-corrected chi connectivity index (χ3v) is 3.55. The summed E-state index contributed by atoms with van der Waals surface area (Å²) in [4.78, 5) is 10.6. The average Bonchev–Trinajstić information content (AvgIpc) is 2.38. The van der Waals surface area contributed by atoms with Crippen molar-refractivity contribution in [2.45, 2.75) is 4.90 Å². The van der Waals surface area contributed by atoms with Gasteiger partial charge >= 0.3 is 6.09 Å². The van der Waals surface area contributed by atoms with Gasteiger partial charge < -0.3 is 10.5 Å². The quantitative estimate of drug-likeness (QED) is 0.891. The van der Waals surface area contributed by atoms with Crippen LogP contribution in [0.2, 0.25) is 0 Å². The van der Waals surface area contributed by atoms with Crippen LogP contribution in [0.1, 0.15) is 0 Å². The molecule has 0 aromatic heterocycles. The molecule has 1 amide bonds. The number of amides is 1. The first-order chi connectivity index (χ1) is 9.38. The molecule has 0 radical (unpaired) electrons. The number of hydrogen-bond donors (Lipinski definition) is 2. The Morgan fingerprint density at radius 3 is 2.15 bits per heavy atom. The number of carbonyl (C=O) groups is 1. The summed E-state index contributed by atoms with van der Waals surface area (Å²) in [5.74, 6) is 0.273. The Hall–Kier alpha value is -2.38. The van der Waals surface area contributed by atoms with Crippen molar-refractivity contribution in [3.8, 4) is 16.9 Å². The highest BCUT2D eigenvalue weighted by atomic mass is 32.2.